The van der Waals surface area contributed by atoms with Crippen molar-refractivity contribution in [1.82, 2.24) is 19.4 Å². The van der Waals surface area contributed by atoms with Gasteiger partial charge in [0.15, 0.2) is 0 Å². The van der Waals surface area contributed by atoms with Crippen LogP contribution in [0.1, 0.15) is 47.4 Å². The zero-order chi connectivity index (χ0) is 21.5. The normalized spacial score (nSPS) is 19.6. The van der Waals surface area contributed by atoms with E-state index in [1.807, 2.05) is 53.8 Å². The van der Waals surface area contributed by atoms with Gasteiger partial charge in [-0.05, 0) is 56.0 Å². The summed E-state index contributed by atoms with van der Waals surface area (Å²) in [6.45, 7) is 4.50. The van der Waals surface area contributed by atoms with E-state index in [0.29, 0.717) is 23.1 Å². The van der Waals surface area contributed by atoms with Gasteiger partial charge < -0.3 is 9.47 Å². The number of carbonyl (C=O) groups excluding carboxylic acids is 1. The molecule has 6 heteroatoms. The van der Waals surface area contributed by atoms with Crippen molar-refractivity contribution in [3.8, 4) is 0 Å². The second-order valence-electron chi connectivity index (χ2n) is 8.99. The number of para-hydroxylation sites is 1. The number of nitrogens with zero attached hydrogens (tertiary/aromatic N) is 4. The molecule has 2 aliphatic rings. The van der Waals surface area contributed by atoms with Gasteiger partial charge in [0, 0.05) is 44.3 Å². The first-order valence-corrected chi connectivity index (χ1v) is 11.2. The van der Waals surface area contributed by atoms with Crippen molar-refractivity contribution >= 4 is 16.9 Å². The van der Waals surface area contributed by atoms with E-state index in [2.05, 4.69) is 9.88 Å². The van der Waals surface area contributed by atoms with Crippen molar-refractivity contribution in [2.75, 3.05) is 20.1 Å². The molecular weight excluding hydrogens is 391 g/mol. The highest BCUT2D eigenvalue weighted by molar-refractivity contribution is 5.94. The zero-order valence-electron chi connectivity index (χ0n) is 18.2. The van der Waals surface area contributed by atoms with Crippen LogP contribution in [-0.4, -0.2) is 57.5 Å². The van der Waals surface area contributed by atoms with Gasteiger partial charge >= 0.3 is 0 Å². The Morgan fingerprint density at radius 1 is 1.16 bits per heavy atom. The summed E-state index contributed by atoms with van der Waals surface area (Å²) in [6.07, 6.45) is 5.01. The van der Waals surface area contributed by atoms with E-state index in [1.54, 1.807) is 6.07 Å². The van der Waals surface area contributed by atoms with Crippen LogP contribution in [0, 0.1) is 12.7 Å². The topological polar surface area (TPSA) is 41.4 Å². The molecule has 1 aromatic heterocycles. The number of hydrogen-bond donors (Lipinski definition) is 0. The van der Waals surface area contributed by atoms with Gasteiger partial charge in [0.25, 0.3) is 5.91 Å². The third-order valence-corrected chi connectivity index (χ3v) is 7.10. The van der Waals surface area contributed by atoms with E-state index in [-0.39, 0.29) is 17.8 Å². The lowest BCUT2D eigenvalue weighted by Crippen LogP contribution is -2.43. The fourth-order valence-electron chi connectivity index (χ4n) is 4.92. The summed E-state index contributed by atoms with van der Waals surface area (Å²) < 4.78 is 16.2. The minimum Gasteiger partial charge on any atom is -0.337 e. The van der Waals surface area contributed by atoms with Crippen molar-refractivity contribution in [3.63, 3.8) is 0 Å². The summed E-state index contributed by atoms with van der Waals surface area (Å²) >= 11 is 0. The molecule has 1 saturated heterocycles. The van der Waals surface area contributed by atoms with Gasteiger partial charge in [-0.2, -0.15) is 0 Å². The number of fused-ring (bicyclic) bond motifs is 1. The molecule has 162 valence electrons. The van der Waals surface area contributed by atoms with Crippen LogP contribution in [0.5, 0.6) is 0 Å². The first-order valence-electron chi connectivity index (χ1n) is 11.2. The Bertz CT molecular complexity index is 1100. The predicted octanol–water partition coefficient (Wildman–Crippen LogP) is 4.23. The second-order valence-corrected chi connectivity index (χ2v) is 8.99. The lowest BCUT2D eigenvalue weighted by Gasteiger charge is -2.35. The Morgan fingerprint density at radius 2 is 1.94 bits per heavy atom. The molecular formula is C25H29FN4O. The number of amides is 1. The van der Waals surface area contributed by atoms with Crippen molar-refractivity contribution in [2.24, 2.45) is 0 Å². The molecule has 1 amide bonds. The molecule has 2 fully saturated rings. The smallest absolute Gasteiger partial charge is 0.253 e. The van der Waals surface area contributed by atoms with E-state index < -0.39 is 0 Å². The fourth-order valence-corrected chi connectivity index (χ4v) is 4.92. The highest BCUT2D eigenvalue weighted by Crippen LogP contribution is 2.29. The largest absolute Gasteiger partial charge is 0.337 e. The van der Waals surface area contributed by atoms with E-state index in [4.69, 9.17) is 0 Å². The van der Waals surface area contributed by atoms with Crippen LogP contribution in [0.15, 0.2) is 42.5 Å². The summed E-state index contributed by atoms with van der Waals surface area (Å²) in [5.74, 6) is 0.582. The van der Waals surface area contributed by atoms with Gasteiger partial charge in [0.2, 0.25) is 0 Å². The quantitative estimate of drug-likeness (QED) is 0.620. The number of likely N-dealkylation sites (N-methyl/N-ethyl adjacent to an activating group) is 1. The minimum atomic E-state index is -0.265. The van der Waals surface area contributed by atoms with Crippen molar-refractivity contribution in [1.29, 1.82) is 0 Å². The fraction of sp³-hybridized carbons (Fsp3) is 0.440. The van der Waals surface area contributed by atoms with Gasteiger partial charge in [0.05, 0.1) is 5.52 Å². The van der Waals surface area contributed by atoms with E-state index in [1.165, 1.54) is 25.3 Å². The Morgan fingerprint density at radius 3 is 2.65 bits per heavy atom. The maximum Gasteiger partial charge on any atom is 0.253 e. The molecule has 0 spiro atoms. The minimum absolute atomic E-state index is 0.0716. The highest BCUT2D eigenvalue weighted by atomic mass is 19.1. The van der Waals surface area contributed by atoms with Crippen LogP contribution in [0.2, 0.25) is 0 Å². The Labute approximate surface area is 182 Å². The molecule has 0 unspecified atom stereocenters. The number of aromatic nitrogens is 2. The van der Waals surface area contributed by atoms with Gasteiger partial charge in [0.1, 0.15) is 17.2 Å². The van der Waals surface area contributed by atoms with Gasteiger partial charge in [-0.15, -0.1) is 0 Å². The first-order chi connectivity index (χ1) is 15.0. The lowest BCUT2D eigenvalue weighted by molar-refractivity contribution is 0.0720. The number of benzene rings is 2. The number of imidazole rings is 1. The third-order valence-electron chi connectivity index (χ3n) is 7.10. The van der Waals surface area contributed by atoms with Crippen molar-refractivity contribution in [2.45, 2.75) is 51.2 Å². The molecule has 1 aliphatic heterocycles. The number of rotatable bonds is 5. The molecule has 0 N–H and O–H groups in total. The Balaban J connectivity index is 1.28. The van der Waals surface area contributed by atoms with E-state index in [9.17, 15) is 9.18 Å². The van der Waals surface area contributed by atoms with Crippen LogP contribution in [0.4, 0.5) is 4.39 Å². The molecule has 31 heavy (non-hydrogen) atoms. The van der Waals surface area contributed by atoms with Crippen molar-refractivity contribution in [3.05, 3.63) is 65.2 Å². The predicted molar refractivity (Wildman–Crippen MR) is 120 cm³/mol. The molecule has 1 aliphatic carbocycles. The number of carbonyl (C=O) groups is 1. The number of aryl methyl sites for hydroxylation is 1. The summed E-state index contributed by atoms with van der Waals surface area (Å²) in [7, 11) is 1.93. The Kier molecular flexibility index (Phi) is 5.26. The maximum absolute atomic E-state index is 14.4. The molecule has 2 heterocycles. The molecule has 5 nitrogen and oxygen atoms in total. The van der Waals surface area contributed by atoms with Gasteiger partial charge in [-0.3, -0.25) is 9.69 Å². The molecule has 0 bridgehead atoms. The van der Waals surface area contributed by atoms with E-state index in [0.717, 1.165) is 36.9 Å². The molecule has 3 aromatic rings. The van der Waals surface area contributed by atoms with Crippen LogP contribution in [0.25, 0.3) is 11.0 Å². The monoisotopic (exact) mass is 420 g/mol. The average Bonchev–Trinajstić information content (AvgIpc) is 3.32. The van der Waals surface area contributed by atoms with Crippen LogP contribution < -0.4 is 0 Å². The van der Waals surface area contributed by atoms with Gasteiger partial charge in [-0.25, -0.2) is 9.37 Å². The van der Waals surface area contributed by atoms with E-state index >= 15 is 0 Å². The number of likely N-dealkylation sites (tertiary alicyclic amines) is 1. The first kappa shape index (κ1) is 20.2. The molecule has 5 rings (SSSR count). The molecule has 1 atom stereocenters. The maximum atomic E-state index is 14.4. The third kappa shape index (κ3) is 3.74. The molecule has 0 radical (unpaired) electrons. The second kappa shape index (κ2) is 8.08. The van der Waals surface area contributed by atoms with Crippen LogP contribution in [0.3, 0.4) is 0 Å². The van der Waals surface area contributed by atoms with Crippen LogP contribution >= 0.6 is 0 Å². The standard InChI is InChI=1S/C25H29FN4O/c1-17-27-23-8-4-7-22(26)24(23)30(17)15-18-9-11-19(12-10-18)25(31)28(2)21-13-14-29(16-21)20-5-3-6-20/h4,7-12,20-21H,3,5-6,13-16H2,1-2H3/t21-/m1/s1. The molecule has 1 saturated carbocycles. The summed E-state index contributed by atoms with van der Waals surface area (Å²) in [5.41, 5.74) is 2.91. The van der Waals surface area contributed by atoms with Crippen molar-refractivity contribution < 1.29 is 9.18 Å². The number of halogens is 1. The lowest BCUT2D eigenvalue weighted by atomic mass is 9.92. The zero-order valence-corrected chi connectivity index (χ0v) is 18.2. The summed E-state index contributed by atoms with van der Waals surface area (Å²) in [5, 5.41) is 0. The SMILES string of the molecule is Cc1nc2cccc(F)c2n1Cc1ccc(C(=O)N(C)[C@@H]2CCN(C3CCC3)C2)cc1. The van der Waals surface area contributed by atoms with Crippen LogP contribution in [-0.2, 0) is 6.54 Å². The summed E-state index contributed by atoms with van der Waals surface area (Å²) in [4.78, 5) is 22.0. The summed E-state index contributed by atoms with van der Waals surface area (Å²) in [6, 6.07) is 13.7. The number of hydrogen-bond acceptors (Lipinski definition) is 3. The Hall–Kier alpha value is -2.73. The average molecular weight is 421 g/mol. The molecule has 2 aromatic carbocycles. The highest BCUT2D eigenvalue weighted by Gasteiger charge is 2.34. The van der Waals surface area contributed by atoms with Gasteiger partial charge in [-0.1, -0.05) is 24.6 Å².